The van der Waals surface area contributed by atoms with E-state index in [9.17, 15) is 20.1 Å². The molecule has 0 saturated heterocycles. The Balaban J connectivity index is 1.58. The zero-order chi connectivity index (χ0) is 21.2. The minimum atomic E-state index is -1.96. The van der Waals surface area contributed by atoms with E-state index in [4.69, 9.17) is 0 Å². The summed E-state index contributed by atoms with van der Waals surface area (Å²) >= 11 is 0. The van der Waals surface area contributed by atoms with Gasteiger partial charge in [-0.2, -0.15) is 0 Å². The largest absolute Gasteiger partial charge is 0.479 e. The van der Waals surface area contributed by atoms with Gasteiger partial charge >= 0.3 is 5.97 Å². The van der Waals surface area contributed by atoms with Crippen LogP contribution in [0.4, 0.5) is 0 Å². The third kappa shape index (κ3) is 3.03. The predicted octanol–water partition coefficient (Wildman–Crippen LogP) is 4.87. The molecule has 0 amide bonds. The van der Waals surface area contributed by atoms with Crippen molar-refractivity contribution in [3.63, 3.8) is 0 Å². The summed E-state index contributed by atoms with van der Waals surface area (Å²) in [4.78, 5) is 11.7. The van der Waals surface area contributed by atoms with Crippen LogP contribution in [0.15, 0.2) is 0 Å². The molecule has 2 unspecified atom stereocenters. The summed E-state index contributed by atoms with van der Waals surface area (Å²) in [5, 5.41) is 30.9. The molecule has 4 nitrogen and oxygen atoms in total. The van der Waals surface area contributed by atoms with Gasteiger partial charge in [-0.15, -0.1) is 0 Å². The molecule has 0 bridgehead atoms. The van der Waals surface area contributed by atoms with Crippen LogP contribution >= 0.6 is 0 Å². The molecule has 4 rings (SSSR count). The van der Waals surface area contributed by atoms with E-state index < -0.39 is 17.7 Å². The topological polar surface area (TPSA) is 77.8 Å². The lowest BCUT2D eigenvalue weighted by Crippen LogP contribution is -2.63. The van der Waals surface area contributed by atoms with E-state index >= 15 is 0 Å². The Hall–Kier alpha value is -0.610. The highest BCUT2D eigenvalue weighted by molar-refractivity contribution is 5.78. The van der Waals surface area contributed by atoms with Crippen molar-refractivity contribution in [3.8, 4) is 0 Å². The van der Waals surface area contributed by atoms with Crippen LogP contribution in [0.1, 0.15) is 91.9 Å². The molecule has 29 heavy (non-hydrogen) atoms. The molecule has 4 aliphatic rings. The average Bonchev–Trinajstić information content (AvgIpc) is 3.00. The maximum absolute atomic E-state index is 11.7. The van der Waals surface area contributed by atoms with Crippen LogP contribution in [0.5, 0.6) is 0 Å². The van der Waals surface area contributed by atoms with E-state index in [1.165, 1.54) is 44.9 Å². The van der Waals surface area contributed by atoms with Gasteiger partial charge in [0.05, 0.1) is 6.10 Å². The second kappa shape index (κ2) is 7.22. The molecule has 166 valence electrons. The van der Waals surface area contributed by atoms with E-state index in [1.54, 1.807) is 0 Å². The summed E-state index contributed by atoms with van der Waals surface area (Å²) in [5.74, 6) is 2.64. The molecule has 4 aliphatic carbocycles. The Bertz CT molecular complexity index is 649. The van der Waals surface area contributed by atoms with Crippen molar-refractivity contribution in [1.82, 2.24) is 0 Å². The Labute approximate surface area is 176 Å². The summed E-state index contributed by atoms with van der Waals surface area (Å²) in [6.45, 7) is 9.65. The monoisotopic (exact) mass is 406 g/mol. The van der Waals surface area contributed by atoms with Gasteiger partial charge in [0.15, 0.2) is 5.60 Å². The zero-order valence-electron chi connectivity index (χ0n) is 18.9. The maximum atomic E-state index is 11.7. The minimum Gasteiger partial charge on any atom is -0.479 e. The summed E-state index contributed by atoms with van der Waals surface area (Å²) in [6.07, 6.45) is 9.46. The second-order valence-electron chi connectivity index (χ2n) is 11.8. The Kier molecular flexibility index (Phi) is 5.38. The number of aliphatic carboxylic acids is 1. The van der Waals surface area contributed by atoms with E-state index in [2.05, 4.69) is 27.7 Å². The third-order valence-electron chi connectivity index (χ3n) is 10.7. The first-order chi connectivity index (χ1) is 13.6. The molecule has 10 atom stereocenters. The second-order valence-corrected chi connectivity index (χ2v) is 11.8. The number of carboxylic acids is 1. The fourth-order valence-corrected chi connectivity index (χ4v) is 9.15. The van der Waals surface area contributed by atoms with Crippen LogP contribution in [0, 0.1) is 46.3 Å². The van der Waals surface area contributed by atoms with Crippen molar-refractivity contribution in [3.05, 3.63) is 0 Å². The Morgan fingerprint density at radius 1 is 1.03 bits per heavy atom. The van der Waals surface area contributed by atoms with Gasteiger partial charge in [0.25, 0.3) is 0 Å². The van der Waals surface area contributed by atoms with Gasteiger partial charge in [-0.05, 0) is 97.7 Å². The summed E-state index contributed by atoms with van der Waals surface area (Å²) in [7, 11) is 0. The molecule has 0 radical (unpaired) electrons. The number of aliphatic hydroxyl groups excluding tert-OH is 1. The molecular formula is C25H42O4. The summed E-state index contributed by atoms with van der Waals surface area (Å²) in [5.41, 5.74) is -1.55. The van der Waals surface area contributed by atoms with Crippen molar-refractivity contribution < 1.29 is 20.1 Å². The van der Waals surface area contributed by atoms with E-state index in [1.807, 2.05) is 0 Å². The lowest BCUT2D eigenvalue weighted by atomic mass is 9.43. The third-order valence-corrected chi connectivity index (χ3v) is 10.7. The van der Waals surface area contributed by atoms with Crippen molar-refractivity contribution >= 4 is 5.97 Å². The first-order valence-electron chi connectivity index (χ1n) is 12.2. The number of rotatable bonds is 4. The molecule has 0 aliphatic heterocycles. The van der Waals surface area contributed by atoms with Gasteiger partial charge in [0, 0.05) is 0 Å². The maximum Gasteiger partial charge on any atom is 0.338 e. The quantitative estimate of drug-likeness (QED) is 0.622. The van der Waals surface area contributed by atoms with Crippen LogP contribution in [0.25, 0.3) is 0 Å². The first-order valence-corrected chi connectivity index (χ1v) is 12.2. The lowest BCUT2D eigenvalue weighted by Gasteiger charge is -2.62. The van der Waals surface area contributed by atoms with Gasteiger partial charge in [0.2, 0.25) is 0 Å². The molecule has 4 saturated carbocycles. The molecule has 0 aromatic carbocycles. The lowest BCUT2D eigenvalue weighted by molar-refractivity contribution is -0.211. The van der Waals surface area contributed by atoms with Gasteiger partial charge in [-0.25, -0.2) is 4.79 Å². The van der Waals surface area contributed by atoms with E-state index in [0.717, 1.165) is 24.2 Å². The van der Waals surface area contributed by atoms with E-state index in [-0.39, 0.29) is 17.8 Å². The average molecular weight is 407 g/mol. The minimum absolute atomic E-state index is 0.0432. The predicted molar refractivity (Wildman–Crippen MR) is 113 cm³/mol. The SMILES string of the molecule is CCC[C@@H](C)[C@H]1CC[C@H]2[C@@H]3CC[C@@H]4CC(O)(C(=O)O)C(O)C[C@]4(C)[C@H]3CC[C@]12C. The Morgan fingerprint density at radius 3 is 2.38 bits per heavy atom. The molecule has 0 aromatic heterocycles. The van der Waals surface area contributed by atoms with Gasteiger partial charge in [-0.3, -0.25) is 0 Å². The molecule has 4 fully saturated rings. The van der Waals surface area contributed by atoms with Gasteiger partial charge in [-0.1, -0.05) is 40.5 Å². The first kappa shape index (κ1) is 21.6. The molecule has 4 heteroatoms. The number of aliphatic hydroxyl groups is 2. The smallest absolute Gasteiger partial charge is 0.338 e. The number of carboxylic acid groups (broad SMARTS) is 1. The van der Waals surface area contributed by atoms with E-state index in [0.29, 0.717) is 23.7 Å². The van der Waals surface area contributed by atoms with Crippen LogP contribution in [-0.4, -0.2) is 33.0 Å². The van der Waals surface area contributed by atoms with Gasteiger partial charge in [0.1, 0.15) is 0 Å². The fraction of sp³-hybridized carbons (Fsp3) is 0.960. The number of hydrogen-bond donors (Lipinski definition) is 3. The highest BCUT2D eigenvalue weighted by atomic mass is 16.4. The summed E-state index contributed by atoms with van der Waals surface area (Å²) < 4.78 is 0. The van der Waals surface area contributed by atoms with Crippen molar-refractivity contribution in [2.24, 2.45) is 46.3 Å². The standard InChI is InChI=1S/C25H42O4/c1-5-6-15(2)18-9-10-19-17-8-7-16-13-25(29,22(27)28)21(26)14-24(16,4)20(17)11-12-23(18,19)3/h15-21,26,29H,5-14H2,1-4H3,(H,27,28)/t15-,16-,17+,18-,19+,20+,21?,23-,24+,25?/m1/s1. The highest BCUT2D eigenvalue weighted by Crippen LogP contribution is 2.68. The van der Waals surface area contributed by atoms with Crippen molar-refractivity contribution in [2.45, 2.75) is 104 Å². The highest BCUT2D eigenvalue weighted by Gasteiger charge is 2.64. The van der Waals surface area contributed by atoms with Crippen molar-refractivity contribution in [1.29, 1.82) is 0 Å². The van der Waals surface area contributed by atoms with Crippen LogP contribution < -0.4 is 0 Å². The normalized spacial score (nSPS) is 52.9. The van der Waals surface area contributed by atoms with Crippen molar-refractivity contribution in [2.75, 3.05) is 0 Å². The van der Waals surface area contributed by atoms with Crippen LogP contribution in [0.2, 0.25) is 0 Å². The number of carbonyl (C=O) groups is 1. The molecule has 3 N–H and O–H groups in total. The number of hydrogen-bond acceptors (Lipinski definition) is 3. The molecular weight excluding hydrogens is 364 g/mol. The molecule has 0 heterocycles. The number of fused-ring (bicyclic) bond motifs is 5. The molecule has 0 spiro atoms. The summed E-state index contributed by atoms with van der Waals surface area (Å²) in [6, 6.07) is 0. The molecule has 0 aromatic rings. The van der Waals surface area contributed by atoms with Crippen LogP contribution in [-0.2, 0) is 4.79 Å². The zero-order valence-corrected chi connectivity index (χ0v) is 18.9. The van der Waals surface area contributed by atoms with Crippen LogP contribution in [0.3, 0.4) is 0 Å². The fourth-order valence-electron chi connectivity index (χ4n) is 9.15. The van der Waals surface area contributed by atoms with Gasteiger partial charge < -0.3 is 15.3 Å². The Morgan fingerprint density at radius 2 is 1.72 bits per heavy atom.